The first kappa shape index (κ1) is 14.4. The zero-order chi connectivity index (χ0) is 15.0. The van der Waals surface area contributed by atoms with Gasteiger partial charge in [-0.2, -0.15) is 0 Å². The second kappa shape index (κ2) is 5.69. The molecule has 0 aromatic carbocycles. The zero-order valence-electron chi connectivity index (χ0n) is 12.0. The van der Waals surface area contributed by atoms with Crippen molar-refractivity contribution in [1.29, 1.82) is 0 Å². The van der Waals surface area contributed by atoms with E-state index < -0.39 is 18.1 Å². The summed E-state index contributed by atoms with van der Waals surface area (Å²) in [5.74, 6) is 0.892. The van der Waals surface area contributed by atoms with E-state index in [2.05, 4.69) is 10.3 Å². The average Bonchev–Trinajstić information content (AvgIpc) is 3.13. The molecule has 1 aromatic heterocycles. The average molecular weight is 299 g/mol. The van der Waals surface area contributed by atoms with Crippen LogP contribution in [0.3, 0.4) is 0 Å². The van der Waals surface area contributed by atoms with Crippen LogP contribution in [0.4, 0.5) is 8.78 Å². The highest BCUT2D eigenvalue weighted by molar-refractivity contribution is 5.88. The number of carbonyl (C=O) groups is 1. The summed E-state index contributed by atoms with van der Waals surface area (Å²) in [5.41, 5.74) is -0.758. The molecule has 0 saturated heterocycles. The molecular weight excluding hydrogens is 280 g/mol. The Morgan fingerprint density at radius 1 is 1.43 bits per heavy atom. The van der Waals surface area contributed by atoms with Gasteiger partial charge in [0.1, 0.15) is 5.69 Å². The Bertz CT molecular complexity index is 532. The lowest BCUT2D eigenvalue weighted by molar-refractivity contribution is 0.0506. The third-order valence-electron chi connectivity index (χ3n) is 4.74. The van der Waals surface area contributed by atoms with Crippen molar-refractivity contribution in [2.75, 3.05) is 6.61 Å². The van der Waals surface area contributed by atoms with Crippen molar-refractivity contribution in [3.8, 4) is 0 Å². The summed E-state index contributed by atoms with van der Waals surface area (Å²) in [5, 5.41) is 7.39. The van der Waals surface area contributed by atoms with Crippen LogP contribution in [0.5, 0.6) is 0 Å². The third kappa shape index (κ3) is 2.65. The van der Waals surface area contributed by atoms with E-state index in [1.807, 2.05) is 0 Å². The number of hydrogen-bond acceptors (Lipinski definition) is 4. The van der Waals surface area contributed by atoms with Gasteiger partial charge in [0.15, 0.2) is 5.69 Å². The van der Waals surface area contributed by atoms with E-state index in [4.69, 9.17) is 4.74 Å². The molecule has 3 atom stereocenters. The molecule has 5 nitrogen and oxygen atoms in total. The van der Waals surface area contributed by atoms with Crippen molar-refractivity contribution < 1.29 is 18.3 Å². The molecule has 0 amide bonds. The SMILES string of the molecule is CCOC(=O)c1nnn(CC2CC3CCC2C3)c1C(F)F. The number of halogens is 2. The van der Waals surface area contributed by atoms with Crippen LogP contribution in [0, 0.1) is 17.8 Å². The highest BCUT2D eigenvalue weighted by Gasteiger charge is 2.40. The molecule has 2 fully saturated rings. The Labute approximate surface area is 121 Å². The molecule has 2 aliphatic rings. The molecule has 7 heteroatoms. The lowest BCUT2D eigenvalue weighted by Gasteiger charge is -2.21. The number of rotatable bonds is 5. The monoisotopic (exact) mass is 299 g/mol. The van der Waals surface area contributed by atoms with Crippen LogP contribution in [-0.2, 0) is 11.3 Å². The van der Waals surface area contributed by atoms with Gasteiger partial charge >= 0.3 is 5.97 Å². The van der Waals surface area contributed by atoms with Gasteiger partial charge in [-0.05, 0) is 43.9 Å². The number of nitrogens with zero attached hydrogens (tertiary/aromatic N) is 3. The molecule has 2 saturated carbocycles. The molecule has 2 aliphatic carbocycles. The predicted molar refractivity (Wildman–Crippen MR) is 69.9 cm³/mol. The van der Waals surface area contributed by atoms with Crippen molar-refractivity contribution in [1.82, 2.24) is 15.0 Å². The molecule has 1 aromatic rings. The molecule has 2 bridgehead atoms. The van der Waals surface area contributed by atoms with Crippen LogP contribution in [0.15, 0.2) is 0 Å². The summed E-state index contributed by atoms with van der Waals surface area (Å²) < 4.78 is 32.5. The Balaban J connectivity index is 1.80. The van der Waals surface area contributed by atoms with E-state index in [1.165, 1.54) is 23.9 Å². The first-order valence-electron chi connectivity index (χ1n) is 7.48. The smallest absolute Gasteiger partial charge is 0.361 e. The maximum absolute atomic E-state index is 13.3. The number of aromatic nitrogens is 3. The highest BCUT2D eigenvalue weighted by Crippen LogP contribution is 2.49. The molecule has 3 rings (SSSR count). The van der Waals surface area contributed by atoms with E-state index in [0.717, 1.165) is 12.3 Å². The van der Waals surface area contributed by atoms with Crippen LogP contribution in [-0.4, -0.2) is 27.6 Å². The van der Waals surface area contributed by atoms with Crippen LogP contribution in [0.1, 0.15) is 55.2 Å². The quantitative estimate of drug-likeness (QED) is 0.784. The first-order chi connectivity index (χ1) is 10.1. The molecule has 3 unspecified atom stereocenters. The van der Waals surface area contributed by atoms with Crippen LogP contribution >= 0.6 is 0 Å². The van der Waals surface area contributed by atoms with Crippen molar-refractivity contribution in [3.63, 3.8) is 0 Å². The summed E-state index contributed by atoms with van der Waals surface area (Å²) in [6.45, 7) is 2.17. The summed E-state index contributed by atoms with van der Waals surface area (Å²) in [6.07, 6.45) is 1.93. The van der Waals surface area contributed by atoms with Crippen molar-refractivity contribution in [3.05, 3.63) is 11.4 Å². The molecule has 116 valence electrons. The second-order valence-corrected chi connectivity index (χ2v) is 5.96. The summed E-state index contributed by atoms with van der Waals surface area (Å²) in [6, 6.07) is 0. The van der Waals surface area contributed by atoms with Crippen LogP contribution in [0.25, 0.3) is 0 Å². The molecule has 21 heavy (non-hydrogen) atoms. The maximum Gasteiger partial charge on any atom is 0.361 e. The summed E-state index contributed by atoms with van der Waals surface area (Å²) in [4.78, 5) is 11.7. The number of esters is 1. The van der Waals surface area contributed by atoms with E-state index in [9.17, 15) is 13.6 Å². The Hall–Kier alpha value is -1.53. The lowest BCUT2D eigenvalue weighted by Crippen LogP contribution is -2.20. The number of alkyl halides is 2. The van der Waals surface area contributed by atoms with Gasteiger partial charge in [0, 0.05) is 6.54 Å². The topological polar surface area (TPSA) is 57.0 Å². The van der Waals surface area contributed by atoms with E-state index in [1.54, 1.807) is 6.92 Å². The van der Waals surface area contributed by atoms with E-state index in [-0.39, 0.29) is 12.3 Å². The second-order valence-electron chi connectivity index (χ2n) is 5.96. The molecular formula is C14H19F2N3O2. The number of fused-ring (bicyclic) bond motifs is 2. The van der Waals surface area contributed by atoms with Crippen molar-refractivity contribution >= 4 is 5.97 Å². The maximum atomic E-state index is 13.3. The van der Waals surface area contributed by atoms with Gasteiger partial charge in [0.05, 0.1) is 6.61 Å². The van der Waals surface area contributed by atoms with Gasteiger partial charge in [-0.25, -0.2) is 18.3 Å². The van der Waals surface area contributed by atoms with Gasteiger partial charge in [-0.3, -0.25) is 0 Å². The normalized spacial score (nSPS) is 27.5. The minimum Gasteiger partial charge on any atom is -0.461 e. The Kier molecular flexibility index (Phi) is 3.91. The molecule has 0 spiro atoms. The zero-order valence-corrected chi connectivity index (χ0v) is 12.0. The molecule has 0 radical (unpaired) electrons. The standard InChI is InChI=1S/C14H19F2N3O2/c1-2-21-14(20)11-12(13(15)16)19(18-17-11)7-10-6-8-3-4-9(10)5-8/h8-10,13H,2-7H2,1H3. The van der Waals surface area contributed by atoms with Gasteiger partial charge in [0.25, 0.3) is 6.43 Å². The summed E-state index contributed by atoms with van der Waals surface area (Å²) >= 11 is 0. The number of hydrogen-bond donors (Lipinski definition) is 0. The van der Waals surface area contributed by atoms with E-state index in [0.29, 0.717) is 18.4 Å². The van der Waals surface area contributed by atoms with Crippen molar-refractivity contribution in [2.45, 2.75) is 45.6 Å². The Morgan fingerprint density at radius 3 is 2.81 bits per heavy atom. The minimum absolute atomic E-state index is 0.126. The van der Waals surface area contributed by atoms with Gasteiger partial charge < -0.3 is 4.74 Å². The first-order valence-corrected chi connectivity index (χ1v) is 7.48. The lowest BCUT2D eigenvalue weighted by atomic mass is 9.89. The van der Waals surface area contributed by atoms with Crippen LogP contribution in [0.2, 0.25) is 0 Å². The van der Waals surface area contributed by atoms with Crippen molar-refractivity contribution in [2.24, 2.45) is 17.8 Å². The van der Waals surface area contributed by atoms with Gasteiger partial charge in [-0.15, -0.1) is 5.10 Å². The fourth-order valence-electron chi connectivity index (χ4n) is 3.84. The van der Waals surface area contributed by atoms with Crippen LogP contribution < -0.4 is 0 Å². The molecule has 1 heterocycles. The van der Waals surface area contributed by atoms with Gasteiger partial charge in [-0.1, -0.05) is 11.6 Å². The third-order valence-corrected chi connectivity index (χ3v) is 4.74. The Morgan fingerprint density at radius 2 is 2.24 bits per heavy atom. The number of carbonyl (C=O) groups excluding carboxylic acids is 1. The largest absolute Gasteiger partial charge is 0.461 e. The van der Waals surface area contributed by atoms with Gasteiger partial charge in [0.2, 0.25) is 0 Å². The number of ether oxygens (including phenoxy) is 1. The summed E-state index contributed by atoms with van der Waals surface area (Å²) in [7, 11) is 0. The highest BCUT2D eigenvalue weighted by atomic mass is 19.3. The minimum atomic E-state index is -2.78. The fraction of sp³-hybridized carbons (Fsp3) is 0.786. The van der Waals surface area contributed by atoms with E-state index >= 15 is 0 Å². The molecule has 0 aliphatic heterocycles. The molecule has 0 N–H and O–H groups in total. The fourth-order valence-corrected chi connectivity index (χ4v) is 3.84. The predicted octanol–water partition coefficient (Wildman–Crippen LogP) is 2.83.